The predicted molar refractivity (Wildman–Crippen MR) is 84.4 cm³/mol. The maximum Gasteiger partial charge on any atom is 0.280 e. The van der Waals surface area contributed by atoms with Gasteiger partial charge in [0.15, 0.2) is 5.13 Å². The lowest BCUT2D eigenvalue weighted by Crippen LogP contribution is -2.59. The van der Waals surface area contributed by atoms with Crippen molar-refractivity contribution >= 4 is 34.0 Å². The first-order valence-corrected chi connectivity index (χ1v) is 7.58. The van der Waals surface area contributed by atoms with E-state index >= 15 is 0 Å². The second kappa shape index (κ2) is 5.10. The zero-order valence-corrected chi connectivity index (χ0v) is 13.2. The number of hydrogen-bond acceptors (Lipinski definition) is 5. The van der Waals surface area contributed by atoms with Crippen molar-refractivity contribution in [3.8, 4) is 5.75 Å². The van der Waals surface area contributed by atoms with Crippen molar-refractivity contribution in [3.63, 3.8) is 0 Å². The molecule has 1 aromatic carbocycles. The number of aryl methyl sites for hydroxylation is 1. The van der Waals surface area contributed by atoms with Crippen LogP contribution in [0, 0.1) is 6.92 Å². The van der Waals surface area contributed by atoms with Crippen LogP contribution in [-0.4, -0.2) is 29.4 Å². The van der Waals surface area contributed by atoms with Gasteiger partial charge in [-0.1, -0.05) is 6.07 Å². The second-order valence-corrected chi connectivity index (χ2v) is 6.16. The predicted octanol–water partition coefficient (Wildman–Crippen LogP) is 2.20. The number of ether oxygens (including phenoxy) is 1. The number of carbonyl (C=O) groups is 2. The molecule has 1 N–H and O–H groups in total. The molecule has 2 aromatic rings. The minimum absolute atomic E-state index is 0.417. The number of nitrogens with one attached hydrogen (secondary N) is 1. The highest BCUT2D eigenvalue weighted by molar-refractivity contribution is 7.13. The van der Waals surface area contributed by atoms with Gasteiger partial charge in [0.1, 0.15) is 5.75 Å². The summed E-state index contributed by atoms with van der Waals surface area (Å²) >= 11 is 1.28. The largest absolute Gasteiger partial charge is 0.465 e. The number of carbonyl (C=O) groups excluding carboxylic acids is 2. The van der Waals surface area contributed by atoms with Gasteiger partial charge in [-0.25, -0.2) is 4.98 Å². The van der Waals surface area contributed by atoms with E-state index in [4.69, 9.17) is 4.74 Å². The monoisotopic (exact) mass is 317 g/mol. The van der Waals surface area contributed by atoms with E-state index in [0.29, 0.717) is 16.6 Å². The number of nitrogens with zero attached hydrogens (tertiary/aromatic N) is 2. The standard InChI is InChI=1S/C15H15N3O3S/c1-9-4-5-11-10(8-9)18(3)13(20)15(2,21-11)12(19)17-14-16-6-7-22-14/h4-8H,1-3H3,(H,16,17,19). The Morgan fingerprint density at radius 2 is 2.23 bits per heavy atom. The van der Waals surface area contributed by atoms with Crippen LogP contribution in [0.5, 0.6) is 5.75 Å². The highest BCUT2D eigenvalue weighted by atomic mass is 32.1. The van der Waals surface area contributed by atoms with Crippen LogP contribution >= 0.6 is 11.3 Å². The Bertz CT molecular complexity index is 744. The van der Waals surface area contributed by atoms with E-state index in [9.17, 15) is 9.59 Å². The Balaban J connectivity index is 1.95. The number of thiazole rings is 1. The van der Waals surface area contributed by atoms with E-state index in [1.54, 1.807) is 24.7 Å². The van der Waals surface area contributed by atoms with Crippen LogP contribution in [0.4, 0.5) is 10.8 Å². The highest BCUT2D eigenvalue weighted by Crippen LogP contribution is 2.38. The molecule has 22 heavy (non-hydrogen) atoms. The van der Waals surface area contributed by atoms with Crippen LogP contribution < -0.4 is 15.0 Å². The number of likely N-dealkylation sites (N-methyl/N-ethyl adjacent to an activating group) is 1. The van der Waals surface area contributed by atoms with Gasteiger partial charge in [-0.05, 0) is 31.5 Å². The summed E-state index contributed by atoms with van der Waals surface area (Å²) in [6, 6.07) is 5.50. The van der Waals surface area contributed by atoms with Gasteiger partial charge in [-0.2, -0.15) is 0 Å². The lowest BCUT2D eigenvalue weighted by atomic mass is 10.00. The molecular formula is C15H15N3O3S. The highest BCUT2D eigenvalue weighted by Gasteiger charge is 2.50. The number of anilines is 2. The number of amides is 2. The zero-order valence-electron chi connectivity index (χ0n) is 12.4. The van der Waals surface area contributed by atoms with E-state index in [1.165, 1.54) is 23.2 Å². The maximum atomic E-state index is 12.6. The normalized spacial score (nSPS) is 20.3. The SMILES string of the molecule is Cc1ccc2c(c1)N(C)C(=O)C(C)(C(=O)Nc1nccs1)O2. The number of benzene rings is 1. The minimum atomic E-state index is -1.62. The molecule has 1 unspecified atom stereocenters. The molecule has 3 rings (SSSR count). The Kier molecular flexibility index (Phi) is 3.37. The first kappa shape index (κ1) is 14.5. The Morgan fingerprint density at radius 3 is 2.91 bits per heavy atom. The van der Waals surface area contributed by atoms with E-state index < -0.39 is 17.4 Å². The molecule has 0 saturated heterocycles. The Morgan fingerprint density at radius 1 is 1.45 bits per heavy atom. The van der Waals surface area contributed by atoms with E-state index in [-0.39, 0.29) is 0 Å². The zero-order chi connectivity index (χ0) is 15.9. The van der Waals surface area contributed by atoms with Crippen LogP contribution in [0.15, 0.2) is 29.8 Å². The molecule has 0 fully saturated rings. The average Bonchev–Trinajstić information content (AvgIpc) is 2.99. The lowest BCUT2D eigenvalue weighted by Gasteiger charge is -2.37. The lowest BCUT2D eigenvalue weighted by molar-refractivity contribution is -0.144. The van der Waals surface area contributed by atoms with Gasteiger partial charge < -0.3 is 9.64 Å². The van der Waals surface area contributed by atoms with Gasteiger partial charge in [0.05, 0.1) is 5.69 Å². The third-order valence-electron chi connectivity index (χ3n) is 3.59. The molecule has 7 heteroatoms. The first-order chi connectivity index (χ1) is 10.4. The fourth-order valence-corrected chi connectivity index (χ4v) is 2.84. The molecule has 0 radical (unpaired) electrons. The quantitative estimate of drug-likeness (QED) is 0.862. The molecule has 2 amide bonds. The molecule has 0 saturated carbocycles. The van der Waals surface area contributed by atoms with Crippen LogP contribution in [0.1, 0.15) is 12.5 Å². The van der Waals surface area contributed by atoms with E-state index in [2.05, 4.69) is 10.3 Å². The average molecular weight is 317 g/mol. The molecule has 114 valence electrons. The summed E-state index contributed by atoms with van der Waals surface area (Å²) in [7, 11) is 1.64. The number of aromatic nitrogens is 1. The Labute approximate surface area is 131 Å². The van der Waals surface area contributed by atoms with Crippen LogP contribution in [-0.2, 0) is 9.59 Å². The van der Waals surface area contributed by atoms with Crippen LogP contribution in [0.2, 0.25) is 0 Å². The third-order valence-corrected chi connectivity index (χ3v) is 4.28. The summed E-state index contributed by atoms with van der Waals surface area (Å²) in [5.41, 5.74) is 0.0465. The number of hydrogen-bond donors (Lipinski definition) is 1. The summed E-state index contributed by atoms with van der Waals surface area (Å²) in [5.74, 6) is -0.449. The van der Waals surface area contributed by atoms with Gasteiger partial charge in [0.25, 0.3) is 17.4 Å². The van der Waals surface area contributed by atoms with Crippen molar-refractivity contribution in [1.82, 2.24) is 4.98 Å². The van der Waals surface area contributed by atoms with Crippen molar-refractivity contribution in [2.75, 3.05) is 17.3 Å². The van der Waals surface area contributed by atoms with E-state index in [1.807, 2.05) is 19.1 Å². The molecule has 1 aromatic heterocycles. The molecule has 0 aliphatic carbocycles. The summed E-state index contributed by atoms with van der Waals surface area (Å²) < 4.78 is 5.74. The second-order valence-electron chi connectivity index (χ2n) is 5.26. The molecule has 0 spiro atoms. The minimum Gasteiger partial charge on any atom is -0.465 e. The summed E-state index contributed by atoms with van der Waals surface area (Å²) in [5, 5.41) is 4.79. The number of rotatable bonds is 2. The Hall–Kier alpha value is -2.41. The molecule has 1 atom stereocenters. The van der Waals surface area contributed by atoms with E-state index in [0.717, 1.165) is 5.56 Å². The third kappa shape index (κ3) is 2.23. The number of fused-ring (bicyclic) bond motifs is 1. The summed E-state index contributed by atoms with van der Waals surface area (Å²) in [6.07, 6.45) is 1.58. The molecule has 6 nitrogen and oxygen atoms in total. The van der Waals surface area contributed by atoms with Gasteiger partial charge in [0, 0.05) is 18.6 Å². The smallest absolute Gasteiger partial charge is 0.280 e. The summed E-state index contributed by atoms with van der Waals surface area (Å²) in [6.45, 7) is 3.40. The van der Waals surface area contributed by atoms with Crippen LogP contribution in [0.25, 0.3) is 0 Å². The van der Waals surface area contributed by atoms with Crippen molar-refractivity contribution in [2.45, 2.75) is 19.4 Å². The van der Waals surface area contributed by atoms with Crippen molar-refractivity contribution in [1.29, 1.82) is 0 Å². The van der Waals surface area contributed by atoms with Crippen LogP contribution in [0.3, 0.4) is 0 Å². The summed E-state index contributed by atoms with van der Waals surface area (Å²) in [4.78, 5) is 30.6. The fourth-order valence-electron chi connectivity index (χ4n) is 2.31. The molecule has 2 heterocycles. The molecule has 1 aliphatic rings. The molecular weight excluding hydrogens is 302 g/mol. The topological polar surface area (TPSA) is 71.5 Å². The van der Waals surface area contributed by atoms with Gasteiger partial charge >= 0.3 is 0 Å². The fraction of sp³-hybridized carbons (Fsp3) is 0.267. The van der Waals surface area contributed by atoms with Gasteiger partial charge in [-0.3, -0.25) is 14.9 Å². The van der Waals surface area contributed by atoms with Crippen molar-refractivity contribution < 1.29 is 14.3 Å². The van der Waals surface area contributed by atoms with Crippen molar-refractivity contribution in [3.05, 3.63) is 35.3 Å². The van der Waals surface area contributed by atoms with Gasteiger partial charge in [-0.15, -0.1) is 11.3 Å². The molecule has 1 aliphatic heterocycles. The molecule has 0 bridgehead atoms. The van der Waals surface area contributed by atoms with Crippen molar-refractivity contribution in [2.24, 2.45) is 0 Å². The first-order valence-electron chi connectivity index (χ1n) is 6.70. The maximum absolute atomic E-state index is 12.6. The van der Waals surface area contributed by atoms with Gasteiger partial charge in [0.2, 0.25) is 0 Å².